The van der Waals surface area contributed by atoms with Crippen LogP contribution < -0.4 is 15.5 Å². The highest BCUT2D eigenvalue weighted by atomic mass is 79.9. The first-order valence-electron chi connectivity index (χ1n) is 10.4. The van der Waals surface area contributed by atoms with Gasteiger partial charge in [0.15, 0.2) is 5.75 Å². The topological polar surface area (TPSA) is 79.8 Å². The Morgan fingerprint density at radius 3 is 2.57 bits per heavy atom. The molecule has 35 heavy (non-hydrogen) atoms. The lowest BCUT2D eigenvalue weighted by Crippen LogP contribution is -2.26. The third-order valence-corrected chi connectivity index (χ3v) is 5.96. The van der Waals surface area contributed by atoms with Gasteiger partial charge < -0.3 is 10.1 Å². The second-order valence-corrected chi connectivity index (χ2v) is 9.15. The molecule has 176 valence electrons. The van der Waals surface area contributed by atoms with E-state index in [-0.39, 0.29) is 23.8 Å². The molecular weight excluding hydrogens is 581 g/mol. The van der Waals surface area contributed by atoms with Crippen LogP contribution in [0.4, 0.5) is 10.1 Å². The van der Waals surface area contributed by atoms with E-state index in [1.807, 2.05) is 42.5 Å². The van der Waals surface area contributed by atoms with Crippen molar-refractivity contribution in [2.75, 3.05) is 11.9 Å². The highest BCUT2D eigenvalue weighted by Crippen LogP contribution is 2.32. The Bertz CT molecular complexity index is 1440. The minimum absolute atomic E-state index is 0.00887. The van der Waals surface area contributed by atoms with Crippen LogP contribution in [0, 0.1) is 5.82 Å². The van der Waals surface area contributed by atoms with E-state index >= 15 is 0 Å². The molecule has 1 amide bonds. The summed E-state index contributed by atoms with van der Waals surface area (Å²) < 4.78 is 20.1. The van der Waals surface area contributed by atoms with Crippen molar-refractivity contribution in [1.29, 1.82) is 0 Å². The Hall–Kier alpha value is -3.56. The van der Waals surface area contributed by atoms with Crippen LogP contribution in [0.3, 0.4) is 0 Å². The molecule has 0 spiro atoms. The lowest BCUT2D eigenvalue weighted by Gasteiger charge is -2.11. The van der Waals surface area contributed by atoms with E-state index in [0.29, 0.717) is 14.5 Å². The van der Waals surface area contributed by atoms with Gasteiger partial charge in [-0.15, -0.1) is 0 Å². The van der Waals surface area contributed by atoms with Gasteiger partial charge in [0.1, 0.15) is 5.82 Å². The molecule has 0 heterocycles. The molecule has 0 saturated heterocycles. The highest BCUT2D eigenvalue weighted by molar-refractivity contribution is 9.11. The van der Waals surface area contributed by atoms with Gasteiger partial charge in [-0.1, -0.05) is 58.4 Å². The molecule has 0 atom stereocenters. The number of ether oxygens (including phenoxy) is 1. The summed E-state index contributed by atoms with van der Waals surface area (Å²) in [5, 5.41) is 9.18. The van der Waals surface area contributed by atoms with Crippen LogP contribution in [0.15, 0.2) is 92.9 Å². The van der Waals surface area contributed by atoms with Gasteiger partial charge >= 0.3 is 5.97 Å². The van der Waals surface area contributed by atoms with E-state index in [9.17, 15) is 14.0 Å². The van der Waals surface area contributed by atoms with Crippen LogP contribution in [-0.4, -0.2) is 24.6 Å². The molecule has 2 N–H and O–H groups in total. The van der Waals surface area contributed by atoms with Gasteiger partial charge in [0.2, 0.25) is 0 Å². The Labute approximate surface area is 217 Å². The summed E-state index contributed by atoms with van der Waals surface area (Å²) in [6.45, 7) is 0.00887. The van der Waals surface area contributed by atoms with Crippen molar-refractivity contribution in [1.82, 2.24) is 5.43 Å². The predicted octanol–water partition coefficient (Wildman–Crippen LogP) is 6.29. The van der Waals surface area contributed by atoms with E-state index in [1.165, 1.54) is 24.4 Å². The van der Waals surface area contributed by atoms with E-state index in [1.54, 1.807) is 12.1 Å². The molecule has 0 aliphatic rings. The van der Waals surface area contributed by atoms with Gasteiger partial charge in [-0.05, 0) is 57.7 Å². The van der Waals surface area contributed by atoms with Crippen LogP contribution >= 0.6 is 31.9 Å². The molecule has 0 fully saturated rings. The zero-order valence-electron chi connectivity index (χ0n) is 18.1. The molecule has 4 aromatic rings. The van der Waals surface area contributed by atoms with Crippen LogP contribution in [0.5, 0.6) is 5.75 Å². The maximum Gasteiger partial charge on any atom is 0.343 e. The number of nitrogens with zero attached hydrogens (tertiary/aromatic N) is 1. The molecule has 0 aromatic heterocycles. The monoisotopic (exact) mass is 597 g/mol. The predicted molar refractivity (Wildman–Crippen MR) is 141 cm³/mol. The number of halogens is 3. The number of amides is 1. The SMILES string of the molecule is O=C(CNc1cccc2ccccc12)N/N=C/c1cc(Br)cc(Br)c1OC(=O)c1cccc(F)c1. The lowest BCUT2D eigenvalue weighted by molar-refractivity contribution is -0.119. The zero-order valence-corrected chi connectivity index (χ0v) is 21.3. The Morgan fingerprint density at radius 1 is 0.971 bits per heavy atom. The second kappa shape index (κ2) is 11.2. The number of carbonyl (C=O) groups is 2. The third-order valence-electron chi connectivity index (χ3n) is 4.91. The first kappa shape index (κ1) is 24.6. The molecule has 6 nitrogen and oxygen atoms in total. The molecular formula is C26H18Br2FN3O3. The van der Waals surface area contributed by atoms with Crippen LogP contribution in [-0.2, 0) is 4.79 Å². The third kappa shape index (κ3) is 6.32. The summed E-state index contributed by atoms with van der Waals surface area (Å²) in [7, 11) is 0. The number of hydrogen-bond acceptors (Lipinski definition) is 5. The molecule has 0 unspecified atom stereocenters. The average molecular weight is 599 g/mol. The highest BCUT2D eigenvalue weighted by Gasteiger charge is 2.16. The van der Waals surface area contributed by atoms with Crippen LogP contribution in [0.1, 0.15) is 15.9 Å². The van der Waals surface area contributed by atoms with Crippen molar-refractivity contribution < 1.29 is 18.7 Å². The molecule has 0 bridgehead atoms. The van der Waals surface area contributed by atoms with Crippen molar-refractivity contribution in [3.05, 3.63) is 105 Å². The number of nitrogens with one attached hydrogen (secondary N) is 2. The summed E-state index contributed by atoms with van der Waals surface area (Å²) in [5.74, 6) is -1.46. The van der Waals surface area contributed by atoms with Crippen LogP contribution in [0.2, 0.25) is 0 Å². The van der Waals surface area contributed by atoms with Crippen molar-refractivity contribution in [2.45, 2.75) is 0 Å². The minimum atomic E-state index is -0.731. The van der Waals surface area contributed by atoms with E-state index in [0.717, 1.165) is 22.5 Å². The fourth-order valence-corrected chi connectivity index (χ4v) is 4.66. The van der Waals surface area contributed by atoms with Crippen molar-refractivity contribution in [3.8, 4) is 5.75 Å². The average Bonchev–Trinajstić information content (AvgIpc) is 2.84. The van der Waals surface area contributed by atoms with Gasteiger partial charge in [0.05, 0.1) is 22.8 Å². The quantitative estimate of drug-likeness (QED) is 0.113. The fraction of sp³-hybridized carbons (Fsp3) is 0.0385. The summed E-state index contributed by atoms with van der Waals surface area (Å²) >= 11 is 6.74. The maximum absolute atomic E-state index is 13.5. The number of carbonyl (C=O) groups excluding carboxylic acids is 2. The first-order chi connectivity index (χ1) is 16.9. The maximum atomic E-state index is 13.5. The molecule has 0 aliphatic heterocycles. The van der Waals surface area contributed by atoms with Crippen LogP contribution in [0.25, 0.3) is 10.8 Å². The molecule has 0 aliphatic carbocycles. The minimum Gasteiger partial charge on any atom is -0.421 e. The molecule has 0 saturated carbocycles. The van der Waals surface area contributed by atoms with Crippen molar-refractivity contribution in [3.63, 3.8) is 0 Å². The Kier molecular flexibility index (Phi) is 7.89. The zero-order chi connectivity index (χ0) is 24.8. The normalized spacial score (nSPS) is 10.9. The number of benzene rings is 4. The number of hydrogen-bond donors (Lipinski definition) is 2. The Balaban J connectivity index is 1.43. The summed E-state index contributed by atoms with van der Waals surface area (Å²) in [6.07, 6.45) is 1.36. The van der Waals surface area contributed by atoms with Crippen molar-refractivity contribution in [2.24, 2.45) is 5.10 Å². The van der Waals surface area contributed by atoms with Gasteiger partial charge in [-0.3, -0.25) is 4.79 Å². The summed E-state index contributed by atoms with van der Waals surface area (Å²) in [6, 6.07) is 22.3. The molecule has 4 aromatic carbocycles. The number of hydrazone groups is 1. The van der Waals surface area contributed by atoms with Gasteiger partial charge in [-0.25, -0.2) is 14.6 Å². The Morgan fingerprint density at radius 2 is 1.74 bits per heavy atom. The van der Waals surface area contributed by atoms with E-state index in [2.05, 4.69) is 47.7 Å². The van der Waals surface area contributed by atoms with Crippen molar-refractivity contribution >= 4 is 66.4 Å². The second-order valence-electron chi connectivity index (χ2n) is 7.38. The van der Waals surface area contributed by atoms with Gasteiger partial charge in [0, 0.05) is 21.1 Å². The van der Waals surface area contributed by atoms with E-state index < -0.39 is 11.8 Å². The number of anilines is 1. The van der Waals surface area contributed by atoms with Gasteiger partial charge in [-0.2, -0.15) is 5.10 Å². The summed E-state index contributed by atoms with van der Waals surface area (Å²) in [5.41, 5.74) is 3.77. The molecule has 0 radical (unpaired) electrons. The smallest absolute Gasteiger partial charge is 0.343 e. The first-order valence-corrected chi connectivity index (χ1v) is 12.0. The lowest BCUT2D eigenvalue weighted by atomic mass is 10.1. The number of rotatable bonds is 7. The largest absolute Gasteiger partial charge is 0.421 e. The standard InChI is InChI=1S/C26H18Br2FN3O3/c27-19-11-18(25(22(28)13-19)35-26(34)17-7-3-8-20(29)12-17)14-31-32-24(33)15-30-23-10-4-6-16-5-1-2-9-21(16)23/h1-14,30H,15H2,(H,32,33)/b31-14+. The molecule has 4 rings (SSSR count). The number of esters is 1. The van der Waals surface area contributed by atoms with E-state index in [4.69, 9.17) is 4.74 Å². The fourth-order valence-electron chi connectivity index (χ4n) is 3.32. The number of fused-ring (bicyclic) bond motifs is 1. The summed E-state index contributed by atoms with van der Waals surface area (Å²) in [4.78, 5) is 24.8. The molecule has 9 heteroatoms. The van der Waals surface area contributed by atoms with Gasteiger partial charge in [0.25, 0.3) is 5.91 Å².